The highest BCUT2D eigenvalue weighted by molar-refractivity contribution is 9.10. The van der Waals surface area contributed by atoms with Gasteiger partial charge in [0.25, 0.3) is 5.56 Å². The molecule has 0 bridgehead atoms. The summed E-state index contributed by atoms with van der Waals surface area (Å²) in [6.07, 6.45) is 3.71. The van der Waals surface area contributed by atoms with Crippen molar-refractivity contribution in [2.24, 2.45) is 0 Å². The van der Waals surface area contributed by atoms with Crippen LogP contribution in [0.4, 0.5) is 5.69 Å². The van der Waals surface area contributed by atoms with Gasteiger partial charge in [-0.25, -0.2) is 4.98 Å². The van der Waals surface area contributed by atoms with Crippen LogP contribution in [0, 0.1) is 6.92 Å². The van der Waals surface area contributed by atoms with Crippen molar-refractivity contribution in [2.75, 3.05) is 18.5 Å². The summed E-state index contributed by atoms with van der Waals surface area (Å²) >= 11 is 3.59. The van der Waals surface area contributed by atoms with Crippen LogP contribution in [-0.2, 0) is 0 Å². The number of aryl methyl sites for hydroxylation is 1. The van der Waals surface area contributed by atoms with Crippen molar-refractivity contribution in [1.82, 2.24) is 14.8 Å². The summed E-state index contributed by atoms with van der Waals surface area (Å²) in [5.41, 5.74) is 4.74. The average molecular weight is 531 g/mol. The topological polar surface area (TPSA) is 93.2 Å². The number of hydrogen-bond donors (Lipinski definition) is 2. The Morgan fingerprint density at radius 1 is 1.06 bits per heavy atom. The van der Waals surface area contributed by atoms with Gasteiger partial charge in [-0.15, -0.1) is 0 Å². The summed E-state index contributed by atoms with van der Waals surface area (Å²) in [5, 5.41) is 18.6. The molecule has 0 fully saturated rings. The third-order valence-electron chi connectivity index (χ3n) is 5.71. The number of fused-ring (bicyclic) bond motifs is 1. The van der Waals surface area contributed by atoms with E-state index < -0.39 is 0 Å². The van der Waals surface area contributed by atoms with Crippen LogP contribution >= 0.6 is 15.9 Å². The van der Waals surface area contributed by atoms with Gasteiger partial charge in [0.05, 0.1) is 23.0 Å². The Labute approximate surface area is 210 Å². The van der Waals surface area contributed by atoms with Gasteiger partial charge in [0.1, 0.15) is 0 Å². The van der Waals surface area contributed by atoms with Crippen molar-refractivity contribution in [2.45, 2.75) is 13.3 Å². The van der Waals surface area contributed by atoms with Gasteiger partial charge in [-0.3, -0.25) is 4.79 Å². The number of aliphatic hydroxyl groups is 1. The summed E-state index contributed by atoms with van der Waals surface area (Å²) in [6, 6.07) is 19.3. The minimum Gasteiger partial charge on any atom is -0.444 e. The first-order valence-corrected chi connectivity index (χ1v) is 12.0. The number of rotatable bonds is 7. The molecule has 176 valence electrons. The Bertz CT molecular complexity index is 1560. The van der Waals surface area contributed by atoms with Crippen molar-refractivity contribution in [3.63, 3.8) is 0 Å². The van der Waals surface area contributed by atoms with E-state index in [2.05, 4.69) is 26.2 Å². The SMILES string of the molecule is Cc1cc(-c2cnco2)cc(-c2nn(-c3cc(NCCCO)ccc3Br)c(=O)c3ccccc23)c1. The summed E-state index contributed by atoms with van der Waals surface area (Å²) in [4.78, 5) is 17.6. The number of nitrogens with zero attached hydrogens (tertiary/aromatic N) is 3. The maximum atomic E-state index is 13.6. The van der Waals surface area contributed by atoms with Crippen LogP contribution in [0.3, 0.4) is 0 Å². The highest BCUT2D eigenvalue weighted by Gasteiger charge is 2.17. The van der Waals surface area contributed by atoms with E-state index in [1.54, 1.807) is 6.20 Å². The second-order valence-electron chi connectivity index (χ2n) is 8.23. The number of anilines is 1. The second-order valence-corrected chi connectivity index (χ2v) is 9.09. The number of aliphatic hydroxyl groups excluding tert-OH is 1. The molecule has 0 amide bonds. The van der Waals surface area contributed by atoms with Crippen LogP contribution < -0.4 is 10.9 Å². The fraction of sp³-hybridized carbons (Fsp3) is 0.148. The fourth-order valence-corrected chi connectivity index (χ4v) is 4.50. The number of oxazole rings is 1. The lowest BCUT2D eigenvalue weighted by Gasteiger charge is -2.15. The Balaban J connectivity index is 1.72. The van der Waals surface area contributed by atoms with Gasteiger partial charge in [-0.2, -0.15) is 9.78 Å². The predicted molar refractivity (Wildman–Crippen MR) is 141 cm³/mol. The van der Waals surface area contributed by atoms with Gasteiger partial charge in [-0.05, 0) is 77.3 Å². The molecule has 5 aromatic rings. The molecule has 0 aliphatic rings. The summed E-state index contributed by atoms with van der Waals surface area (Å²) in [5.74, 6) is 0.664. The lowest BCUT2D eigenvalue weighted by molar-refractivity contribution is 0.292. The first kappa shape index (κ1) is 23.0. The van der Waals surface area contributed by atoms with Crippen molar-refractivity contribution < 1.29 is 9.52 Å². The summed E-state index contributed by atoms with van der Waals surface area (Å²) in [6.45, 7) is 2.74. The lowest BCUT2D eigenvalue weighted by Crippen LogP contribution is -2.22. The standard InChI is InChI=1S/C27H23BrN4O3/c1-17-11-18(25-15-29-16-35-25)13-19(12-17)26-21-5-2-3-6-22(21)27(34)32(31-26)24-14-20(7-8-23(24)28)30-9-4-10-33/h2-3,5-8,11-16,30,33H,4,9-10H2,1H3. The molecular weight excluding hydrogens is 508 g/mol. The molecule has 7 nitrogen and oxygen atoms in total. The molecule has 2 aromatic heterocycles. The van der Waals surface area contributed by atoms with Gasteiger partial charge in [0.15, 0.2) is 12.2 Å². The molecule has 5 rings (SSSR count). The van der Waals surface area contributed by atoms with E-state index >= 15 is 0 Å². The maximum Gasteiger partial charge on any atom is 0.279 e. The highest BCUT2D eigenvalue weighted by Crippen LogP contribution is 2.32. The van der Waals surface area contributed by atoms with E-state index in [0.29, 0.717) is 35.5 Å². The number of benzene rings is 3. The molecule has 0 aliphatic carbocycles. The molecular formula is C27H23BrN4O3. The molecule has 3 aromatic carbocycles. The van der Waals surface area contributed by atoms with E-state index in [1.807, 2.05) is 67.6 Å². The van der Waals surface area contributed by atoms with Crippen molar-refractivity contribution in [3.8, 4) is 28.3 Å². The van der Waals surface area contributed by atoms with E-state index in [4.69, 9.17) is 14.6 Å². The molecule has 0 saturated heterocycles. The van der Waals surface area contributed by atoms with Crippen LogP contribution in [0.15, 0.2) is 86.9 Å². The number of nitrogens with one attached hydrogen (secondary N) is 1. The van der Waals surface area contributed by atoms with Crippen LogP contribution in [0.2, 0.25) is 0 Å². The van der Waals surface area contributed by atoms with Gasteiger partial charge >= 0.3 is 0 Å². The molecule has 0 atom stereocenters. The normalized spacial score (nSPS) is 11.2. The van der Waals surface area contributed by atoms with E-state index in [-0.39, 0.29) is 12.2 Å². The highest BCUT2D eigenvalue weighted by atomic mass is 79.9. The zero-order valence-corrected chi connectivity index (χ0v) is 20.6. The van der Waals surface area contributed by atoms with Crippen molar-refractivity contribution >= 4 is 32.4 Å². The van der Waals surface area contributed by atoms with Gasteiger partial charge in [0, 0.05) is 39.8 Å². The Morgan fingerprint density at radius 2 is 1.86 bits per heavy atom. The van der Waals surface area contributed by atoms with Crippen LogP contribution in [0.1, 0.15) is 12.0 Å². The monoisotopic (exact) mass is 530 g/mol. The molecule has 0 spiro atoms. The first-order valence-electron chi connectivity index (χ1n) is 11.2. The number of halogens is 1. The summed E-state index contributed by atoms with van der Waals surface area (Å²) in [7, 11) is 0. The zero-order valence-electron chi connectivity index (χ0n) is 19.0. The van der Waals surface area contributed by atoms with Crippen molar-refractivity contribution in [1.29, 1.82) is 0 Å². The number of aromatic nitrogens is 3. The van der Waals surface area contributed by atoms with Crippen LogP contribution in [-0.4, -0.2) is 33.0 Å². The summed E-state index contributed by atoms with van der Waals surface area (Å²) < 4.78 is 7.70. The van der Waals surface area contributed by atoms with E-state index in [0.717, 1.165) is 32.2 Å². The fourth-order valence-electron chi connectivity index (χ4n) is 4.08. The molecule has 2 N–H and O–H groups in total. The Kier molecular flexibility index (Phi) is 6.48. The average Bonchev–Trinajstić information content (AvgIpc) is 3.41. The molecule has 0 saturated carbocycles. The molecule has 35 heavy (non-hydrogen) atoms. The van der Waals surface area contributed by atoms with E-state index in [1.165, 1.54) is 11.1 Å². The zero-order chi connectivity index (χ0) is 24.4. The Hall–Kier alpha value is -3.75. The minimum absolute atomic E-state index is 0.109. The molecule has 8 heteroatoms. The predicted octanol–water partition coefficient (Wildman–Crippen LogP) is 5.57. The third kappa shape index (κ3) is 4.62. The van der Waals surface area contributed by atoms with Crippen LogP contribution in [0.25, 0.3) is 39.0 Å². The van der Waals surface area contributed by atoms with Gasteiger partial charge in [-0.1, -0.05) is 18.2 Å². The smallest absolute Gasteiger partial charge is 0.279 e. The Morgan fingerprint density at radius 3 is 2.63 bits per heavy atom. The first-order chi connectivity index (χ1) is 17.0. The second kappa shape index (κ2) is 9.85. The third-order valence-corrected chi connectivity index (χ3v) is 6.38. The largest absolute Gasteiger partial charge is 0.444 e. The van der Waals surface area contributed by atoms with Gasteiger partial charge in [0.2, 0.25) is 0 Å². The molecule has 2 heterocycles. The van der Waals surface area contributed by atoms with Crippen molar-refractivity contribution in [3.05, 3.63) is 93.6 Å². The minimum atomic E-state index is -0.208. The molecule has 0 radical (unpaired) electrons. The molecule has 0 aliphatic heterocycles. The van der Waals surface area contributed by atoms with Crippen LogP contribution in [0.5, 0.6) is 0 Å². The lowest BCUT2D eigenvalue weighted by atomic mass is 9.99. The number of hydrogen-bond acceptors (Lipinski definition) is 6. The molecule has 0 unspecified atom stereocenters. The maximum absolute atomic E-state index is 13.6. The quantitative estimate of drug-likeness (QED) is 0.267. The van der Waals surface area contributed by atoms with Gasteiger partial charge < -0.3 is 14.8 Å². The van der Waals surface area contributed by atoms with E-state index in [9.17, 15) is 4.79 Å².